The van der Waals surface area contributed by atoms with Gasteiger partial charge in [0.2, 0.25) is 5.91 Å². The van der Waals surface area contributed by atoms with Gasteiger partial charge in [-0.05, 0) is 62.6 Å². The van der Waals surface area contributed by atoms with Gasteiger partial charge in [0, 0.05) is 30.0 Å². The smallest absolute Gasteiger partial charge is 0.291 e. The van der Waals surface area contributed by atoms with E-state index in [0.29, 0.717) is 18.8 Å². The van der Waals surface area contributed by atoms with E-state index in [9.17, 15) is 9.59 Å². The molecule has 0 atom stereocenters. The Bertz CT molecular complexity index is 1070. The van der Waals surface area contributed by atoms with E-state index >= 15 is 0 Å². The third-order valence-electron chi connectivity index (χ3n) is 6.31. The zero-order chi connectivity index (χ0) is 23.2. The number of furan rings is 1. The van der Waals surface area contributed by atoms with Gasteiger partial charge >= 0.3 is 0 Å². The number of anilines is 1. The van der Waals surface area contributed by atoms with Crippen LogP contribution in [0.4, 0.5) is 5.69 Å². The molecule has 4 rings (SSSR count). The monoisotopic (exact) mass is 447 g/mol. The molecule has 33 heavy (non-hydrogen) atoms. The van der Waals surface area contributed by atoms with E-state index in [0.717, 1.165) is 55.6 Å². The average Bonchev–Trinajstić information content (AvgIpc) is 3.58. The Labute approximate surface area is 195 Å². The summed E-state index contributed by atoms with van der Waals surface area (Å²) in [6.07, 6.45) is 7.28. The first kappa shape index (κ1) is 22.9. The van der Waals surface area contributed by atoms with Crippen molar-refractivity contribution >= 4 is 17.5 Å². The van der Waals surface area contributed by atoms with Crippen LogP contribution in [0.1, 0.15) is 66.6 Å². The summed E-state index contributed by atoms with van der Waals surface area (Å²) in [6.45, 7) is 5.99. The maximum atomic E-state index is 13.0. The Morgan fingerprint density at radius 2 is 1.85 bits per heavy atom. The van der Waals surface area contributed by atoms with E-state index in [1.54, 1.807) is 6.07 Å². The topological polar surface area (TPSA) is 67.5 Å². The van der Waals surface area contributed by atoms with Gasteiger partial charge in [-0.3, -0.25) is 9.59 Å². The second-order valence-electron chi connectivity index (χ2n) is 8.95. The molecule has 1 saturated carbocycles. The highest BCUT2D eigenvalue weighted by Crippen LogP contribution is 2.27. The van der Waals surface area contributed by atoms with Gasteiger partial charge in [0.1, 0.15) is 5.76 Å². The van der Waals surface area contributed by atoms with Crippen molar-refractivity contribution in [1.82, 2.24) is 9.47 Å². The quantitative estimate of drug-likeness (QED) is 0.463. The van der Waals surface area contributed by atoms with Crippen LogP contribution in [-0.2, 0) is 17.9 Å². The van der Waals surface area contributed by atoms with Crippen LogP contribution < -0.4 is 5.32 Å². The van der Waals surface area contributed by atoms with Crippen LogP contribution in [0.3, 0.4) is 0 Å². The van der Waals surface area contributed by atoms with Gasteiger partial charge in [-0.2, -0.15) is 0 Å². The molecule has 6 nitrogen and oxygen atoms in total. The predicted octanol–water partition coefficient (Wildman–Crippen LogP) is 5.62. The van der Waals surface area contributed by atoms with E-state index in [1.807, 2.05) is 54.4 Å². The molecule has 2 amide bonds. The van der Waals surface area contributed by atoms with Crippen molar-refractivity contribution in [2.75, 3.05) is 11.9 Å². The van der Waals surface area contributed by atoms with Gasteiger partial charge in [0.15, 0.2) is 5.76 Å². The minimum atomic E-state index is -0.269. The normalized spacial score (nSPS) is 13.9. The fourth-order valence-electron chi connectivity index (χ4n) is 4.49. The molecule has 3 aromatic rings. The molecule has 1 aliphatic carbocycles. The first-order valence-electron chi connectivity index (χ1n) is 11.9. The summed E-state index contributed by atoms with van der Waals surface area (Å²) in [5.41, 5.74) is 2.94. The van der Waals surface area contributed by atoms with Crippen molar-refractivity contribution in [3.63, 3.8) is 0 Å². The maximum Gasteiger partial charge on any atom is 0.291 e. The second kappa shape index (κ2) is 10.6. The minimum absolute atomic E-state index is 0.180. The van der Waals surface area contributed by atoms with Crippen molar-refractivity contribution in [2.45, 2.75) is 59.0 Å². The molecular formula is C27H33N3O3. The molecule has 0 saturated heterocycles. The number of hydrogen-bond acceptors (Lipinski definition) is 3. The third-order valence-corrected chi connectivity index (χ3v) is 6.31. The van der Waals surface area contributed by atoms with Crippen LogP contribution in [0.25, 0.3) is 0 Å². The molecule has 0 aliphatic heterocycles. The summed E-state index contributed by atoms with van der Waals surface area (Å²) in [4.78, 5) is 27.6. The van der Waals surface area contributed by atoms with Crippen molar-refractivity contribution in [1.29, 1.82) is 0 Å². The van der Waals surface area contributed by atoms with Crippen LogP contribution in [0.15, 0.2) is 59.1 Å². The fraction of sp³-hybridized carbons (Fsp3) is 0.407. The summed E-state index contributed by atoms with van der Waals surface area (Å²) in [5, 5.41) is 2.86. The first-order valence-corrected chi connectivity index (χ1v) is 11.9. The molecule has 0 radical (unpaired) electrons. The molecule has 1 aliphatic rings. The molecule has 0 bridgehead atoms. The Morgan fingerprint density at radius 1 is 1.09 bits per heavy atom. The van der Waals surface area contributed by atoms with Gasteiger partial charge < -0.3 is 19.2 Å². The number of nitrogens with one attached hydrogen (secondary N) is 1. The molecule has 1 aromatic carbocycles. The molecule has 1 fully saturated rings. The fourth-order valence-corrected chi connectivity index (χ4v) is 4.49. The van der Waals surface area contributed by atoms with Gasteiger partial charge in [-0.1, -0.05) is 37.5 Å². The molecule has 0 unspecified atom stereocenters. The summed E-state index contributed by atoms with van der Waals surface area (Å²) in [6, 6.07) is 15.2. The highest BCUT2D eigenvalue weighted by atomic mass is 16.4. The van der Waals surface area contributed by atoms with Gasteiger partial charge in [0.25, 0.3) is 5.91 Å². The van der Waals surface area contributed by atoms with Gasteiger partial charge in [-0.15, -0.1) is 0 Å². The highest BCUT2D eigenvalue weighted by Gasteiger charge is 2.27. The number of carbonyl (C=O) groups excluding carboxylic acids is 2. The van der Waals surface area contributed by atoms with Gasteiger partial charge in [-0.25, -0.2) is 0 Å². The predicted molar refractivity (Wildman–Crippen MR) is 129 cm³/mol. The number of aromatic nitrogens is 1. The lowest BCUT2D eigenvalue weighted by Gasteiger charge is -2.26. The number of amides is 2. The zero-order valence-electron chi connectivity index (χ0n) is 19.5. The van der Waals surface area contributed by atoms with E-state index in [4.69, 9.17) is 4.42 Å². The lowest BCUT2D eigenvalue weighted by molar-refractivity contribution is -0.136. The Kier molecular flexibility index (Phi) is 7.33. The third kappa shape index (κ3) is 5.75. The largest absolute Gasteiger partial charge is 0.454 e. The van der Waals surface area contributed by atoms with Crippen LogP contribution in [-0.4, -0.2) is 27.8 Å². The van der Waals surface area contributed by atoms with E-state index in [2.05, 4.69) is 22.9 Å². The van der Waals surface area contributed by atoms with Gasteiger partial charge in [0.05, 0.1) is 13.1 Å². The van der Waals surface area contributed by atoms with Crippen molar-refractivity contribution in [3.8, 4) is 0 Å². The first-order chi connectivity index (χ1) is 16.0. The van der Waals surface area contributed by atoms with E-state index < -0.39 is 0 Å². The summed E-state index contributed by atoms with van der Waals surface area (Å²) in [5.74, 6) is 1.18. The second-order valence-corrected chi connectivity index (χ2v) is 8.95. The Hall–Kier alpha value is -3.28. The summed E-state index contributed by atoms with van der Waals surface area (Å²) in [7, 11) is 0. The SMILES string of the molecule is CCCN(Cc1cccn1Cc1ccc(C(=O)Nc2ccc(C)cc2)o1)C(=O)C1CCCC1. The van der Waals surface area contributed by atoms with Crippen LogP contribution in [0, 0.1) is 12.8 Å². The number of aryl methyl sites for hydroxylation is 1. The Morgan fingerprint density at radius 3 is 2.58 bits per heavy atom. The molecule has 2 aromatic heterocycles. The average molecular weight is 448 g/mol. The van der Waals surface area contributed by atoms with E-state index in [-0.39, 0.29) is 23.5 Å². The standard InChI is InChI=1S/C27H33N3O3/c1-3-16-30(27(32)21-7-4-5-8-21)18-23-9-6-17-29(23)19-24-14-15-25(33-24)26(31)28-22-12-10-20(2)11-13-22/h6,9-15,17,21H,3-5,7-8,16,18-19H2,1-2H3,(H,28,31). The lowest BCUT2D eigenvalue weighted by atomic mass is 10.1. The minimum Gasteiger partial charge on any atom is -0.454 e. The van der Waals surface area contributed by atoms with Crippen molar-refractivity contribution in [2.24, 2.45) is 5.92 Å². The highest BCUT2D eigenvalue weighted by molar-refractivity contribution is 6.02. The molecular weight excluding hydrogens is 414 g/mol. The van der Waals surface area contributed by atoms with Crippen LogP contribution in [0.2, 0.25) is 0 Å². The molecule has 0 spiro atoms. The summed E-state index contributed by atoms with van der Waals surface area (Å²) >= 11 is 0. The molecule has 6 heteroatoms. The lowest BCUT2D eigenvalue weighted by Crippen LogP contribution is -2.36. The molecule has 2 heterocycles. The number of rotatable bonds is 9. The van der Waals surface area contributed by atoms with Crippen molar-refractivity contribution < 1.29 is 14.0 Å². The van der Waals surface area contributed by atoms with Crippen molar-refractivity contribution in [3.05, 3.63) is 77.5 Å². The number of carbonyl (C=O) groups is 2. The maximum absolute atomic E-state index is 13.0. The van der Waals surface area contributed by atoms with E-state index in [1.165, 1.54) is 0 Å². The van der Waals surface area contributed by atoms with Crippen LogP contribution in [0.5, 0.6) is 0 Å². The number of benzene rings is 1. The number of nitrogens with zero attached hydrogens (tertiary/aromatic N) is 2. The van der Waals surface area contributed by atoms with Crippen LogP contribution >= 0.6 is 0 Å². The summed E-state index contributed by atoms with van der Waals surface area (Å²) < 4.78 is 7.93. The zero-order valence-corrected chi connectivity index (χ0v) is 19.5. The number of hydrogen-bond donors (Lipinski definition) is 1. The molecule has 174 valence electrons. The molecule has 1 N–H and O–H groups in total. The Balaban J connectivity index is 1.40.